The largest absolute Gasteiger partial charge is 0.493 e. The molecule has 0 aliphatic rings. The van der Waals surface area contributed by atoms with Gasteiger partial charge in [0.05, 0.1) is 31.2 Å². The highest BCUT2D eigenvalue weighted by Crippen LogP contribution is 2.28. The highest BCUT2D eigenvalue weighted by atomic mass is 16.5. The predicted octanol–water partition coefficient (Wildman–Crippen LogP) is 3.39. The third-order valence-electron chi connectivity index (χ3n) is 4.60. The van der Waals surface area contributed by atoms with Gasteiger partial charge in [0.2, 0.25) is 5.91 Å². The molecule has 3 rings (SSSR count). The number of likely N-dealkylation sites (N-methyl/N-ethyl adjacent to an activating group) is 1. The van der Waals surface area contributed by atoms with Crippen molar-refractivity contribution in [2.45, 2.75) is 20.4 Å². The minimum Gasteiger partial charge on any atom is -0.493 e. The topological polar surface area (TPSA) is 84.5 Å². The summed E-state index contributed by atoms with van der Waals surface area (Å²) >= 11 is 0. The molecule has 0 radical (unpaired) electrons. The molecule has 3 aromatic rings. The van der Waals surface area contributed by atoms with Gasteiger partial charge in [-0.3, -0.25) is 9.59 Å². The maximum absolute atomic E-state index is 12.7. The number of fused-ring (bicyclic) bond motifs is 1. The maximum atomic E-state index is 12.7. The Bertz CT molecular complexity index is 1120. The molecule has 0 saturated heterocycles. The number of nitrogens with zero attached hydrogens (tertiary/aromatic N) is 2. The number of benzene rings is 2. The molecule has 156 valence electrons. The molecule has 1 N–H and O–H groups in total. The number of hydrogen-bond donors (Lipinski definition) is 1. The molecule has 0 atom stereocenters. The van der Waals surface area contributed by atoms with E-state index in [2.05, 4.69) is 9.97 Å². The van der Waals surface area contributed by atoms with Crippen molar-refractivity contribution in [3.8, 4) is 11.5 Å². The number of carbonyl (C=O) groups excluding carboxylic acids is 1. The van der Waals surface area contributed by atoms with Crippen LogP contribution in [0.3, 0.4) is 0 Å². The minimum atomic E-state index is -0.212. The molecule has 7 heteroatoms. The second-order valence-electron chi connectivity index (χ2n) is 6.56. The molecule has 0 fully saturated rings. The van der Waals surface area contributed by atoms with Crippen LogP contribution in [0.5, 0.6) is 11.5 Å². The van der Waals surface area contributed by atoms with Gasteiger partial charge in [0.25, 0.3) is 5.56 Å². The van der Waals surface area contributed by atoms with Crippen molar-refractivity contribution in [3.05, 3.63) is 70.3 Å². The number of amides is 1. The van der Waals surface area contributed by atoms with Gasteiger partial charge in [-0.15, -0.1) is 0 Å². The van der Waals surface area contributed by atoms with E-state index in [1.807, 2.05) is 32.0 Å². The van der Waals surface area contributed by atoms with Gasteiger partial charge in [-0.1, -0.05) is 18.2 Å². The molecule has 1 amide bonds. The molecule has 1 heterocycles. The molecule has 2 aromatic carbocycles. The van der Waals surface area contributed by atoms with Crippen LogP contribution in [0.15, 0.2) is 53.3 Å². The van der Waals surface area contributed by atoms with Gasteiger partial charge in [0.15, 0.2) is 11.5 Å². The van der Waals surface area contributed by atoms with Crippen LogP contribution in [-0.4, -0.2) is 41.0 Å². The van der Waals surface area contributed by atoms with Gasteiger partial charge >= 0.3 is 0 Å². The smallest absolute Gasteiger partial charge is 0.258 e. The lowest BCUT2D eigenvalue weighted by Crippen LogP contribution is -2.30. The first kappa shape index (κ1) is 21.1. The summed E-state index contributed by atoms with van der Waals surface area (Å²) in [6.07, 6.45) is 3.23. The normalized spacial score (nSPS) is 11.0. The van der Waals surface area contributed by atoms with Crippen LogP contribution in [-0.2, 0) is 11.3 Å². The third-order valence-corrected chi connectivity index (χ3v) is 4.60. The highest BCUT2D eigenvalue weighted by molar-refractivity contribution is 5.91. The predicted molar refractivity (Wildman–Crippen MR) is 117 cm³/mol. The maximum Gasteiger partial charge on any atom is 0.258 e. The monoisotopic (exact) mass is 407 g/mol. The van der Waals surface area contributed by atoms with E-state index in [0.29, 0.717) is 41.4 Å². The highest BCUT2D eigenvalue weighted by Gasteiger charge is 2.12. The van der Waals surface area contributed by atoms with E-state index in [4.69, 9.17) is 9.47 Å². The quantitative estimate of drug-likeness (QED) is 0.579. The summed E-state index contributed by atoms with van der Waals surface area (Å²) in [6, 6.07) is 12.6. The van der Waals surface area contributed by atoms with Crippen LogP contribution in [0.2, 0.25) is 0 Å². The number of aromatic amines is 1. The number of nitrogens with one attached hydrogen (secondary N) is 1. The fraction of sp³-hybridized carbons (Fsp3) is 0.261. The third kappa shape index (κ3) is 4.86. The Morgan fingerprint density at radius 2 is 1.97 bits per heavy atom. The van der Waals surface area contributed by atoms with Gasteiger partial charge in [-0.2, -0.15) is 0 Å². The number of hydrogen-bond acceptors (Lipinski definition) is 5. The second-order valence-corrected chi connectivity index (χ2v) is 6.56. The van der Waals surface area contributed by atoms with Gasteiger partial charge in [0.1, 0.15) is 5.82 Å². The lowest BCUT2D eigenvalue weighted by atomic mass is 10.2. The summed E-state index contributed by atoms with van der Waals surface area (Å²) in [5.41, 5.74) is 1.22. The molecular weight excluding hydrogens is 382 g/mol. The lowest BCUT2D eigenvalue weighted by molar-refractivity contribution is -0.126. The van der Waals surface area contributed by atoms with Crippen molar-refractivity contribution in [3.63, 3.8) is 0 Å². The summed E-state index contributed by atoms with van der Waals surface area (Å²) < 4.78 is 10.9. The van der Waals surface area contributed by atoms with Crippen LogP contribution in [0.4, 0.5) is 0 Å². The zero-order valence-electron chi connectivity index (χ0n) is 17.3. The number of aromatic nitrogens is 2. The summed E-state index contributed by atoms with van der Waals surface area (Å²) in [7, 11) is 1.58. The molecule has 0 spiro atoms. The first-order valence-corrected chi connectivity index (χ1v) is 9.81. The SMILES string of the molecule is CCOc1cc(/C=C/C(=O)N(CC)Cc2nc3ccccc3c(=O)[nH]2)ccc1OC. The van der Waals surface area contributed by atoms with Gasteiger partial charge in [-0.25, -0.2) is 4.98 Å². The standard InChI is InChI=1S/C23H25N3O4/c1-4-26(15-21-24-18-9-7-6-8-17(18)23(28)25-21)22(27)13-11-16-10-12-19(29-3)20(14-16)30-5-2/h6-14H,4-5,15H2,1-3H3,(H,24,25,28)/b13-11+. The Balaban J connectivity index is 1.77. The first-order valence-electron chi connectivity index (χ1n) is 9.81. The molecule has 0 aliphatic carbocycles. The number of para-hydroxylation sites is 1. The molecular formula is C23H25N3O4. The summed E-state index contributed by atoms with van der Waals surface area (Å²) in [6.45, 7) is 4.99. The number of rotatable bonds is 8. The van der Waals surface area contributed by atoms with Crippen molar-refractivity contribution in [2.75, 3.05) is 20.3 Å². The lowest BCUT2D eigenvalue weighted by Gasteiger charge is -2.18. The zero-order chi connectivity index (χ0) is 21.5. The fourth-order valence-corrected chi connectivity index (χ4v) is 3.07. The Hall–Kier alpha value is -3.61. The van der Waals surface area contributed by atoms with Gasteiger partial charge in [0, 0.05) is 12.6 Å². The van der Waals surface area contributed by atoms with Crippen molar-refractivity contribution in [1.29, 1.82) is 0 Å². The summed E-state index contributed by atoms with van der Waals surface area (Å²) in [5, 5.41) is 0.528. The van der Waals surface area contributed by atoms with Crippen LogP contribution < -0.4 is 15.0 Å². The zero-order valence-corrected chi connectivity index (χ0v) is 17.3. The molecule has 1 aromatic heterocycles. The van der Waals surface area contributed by atoms with Crippen molar-refractivity contribution < 1.29 is 14.3 Å². The van der Waals surface area contributed by atoms with Crippen LogP contribution in [0, 0.1) is 0 Å². The number of H-pyrrole nitrogens is 1. The van der Waals surface area contributed by atoms with Crippen molar-refractivity contribution in [1.82, 2.24) is 14.9 Å². The molecule has 30 heavy (non-hydrogen) atoms. The molecule has 0 saturated carbocycles. The molecule has 0 unspecified atom stereocenters. The van der Waals surface area contributed by atoms with E-state index in [1.165, 1.54) is 6.08 Å². The van der Waals surface area contributed by atoms with Crippen molar-refractivity contribution in [2.24, 2.45) is 0 Å². The fourth-order valence-electron chi connectivity index (χ4n) is 3.07. The molecule has 0 bridgehead atoms. The van der Waals surface area contributed by atoms with Crippen LogP contribution in [0.25, 0.3) is 17.0 Å². The van der Waals surface area contributed by atoms with E-state index in [0.717, 1.165) is 5.56 Å². The Kier molecular flexibility index (Phi) is 6.85. The van der Waals surface area contributed by atoms with E-state index < -0.39 is 0 Å². The average molecular weight is 407 g/mol. The van der Waals surface area contributed by atoms with E-state index in [-0.39, 0.29) is 18.0 Å². The molecule has 0 aliphatic heterocycles. The summed E-state index contributed by atoms with van der Waals surface area (Å²) in [4.78, 5) is 33.8. The van der Waals surface area contributed by atoms with Crippen molar-refractivity contribution >= 4 is 22.9 Å². The summed E-state index contributed by atoms with van der Waals surface area (Å²) in [5.74, 6) is 1.54. The van der Waals surface area contributed by atoms with E-state index >= 15 is 0 Å². The van der Waals surface area contributed by atoms with Gasteiger partial charge < -0.3 is 19.4 Å². The Morgan fingerprint density at radius 1 is 1.17 bits per heavy atom. The average Bonchev–Trinajstić information content (AvgIpc) is 2.76. The number of ether oxygens (including phenoxy) is 2. The molecule has 7 nitrogen and oxygen atoms in total. The van der Waals surface area contributed by atoms with Crippen LogP contribution in [0.1, 0.15) is 25.2 Å². The second kappa shape index (κ2) is 9.73. The van der Waals surface area contributed by atoms with Crippen LogP contribution >= 0.6 is 0 Å². The first-order chi connectivity index (χ1) is 14.5. The van der Waals surface area contributed by atoms with E-state index in [9.17, 15) is 9.59 Å². The number of carbonyl (C=O) groups is 1. The Morgan fingerprint density at radius 3 is 2.70 bits per heavy atom. The van der Waals surface area contributed by atoms with Gasteiger partial charge in [-0.05, 0) is 49.8 Å². The minimum absolute atomic E-state index is 0.179. The van der Waals surface area contributed by atoms with E-state index in [1.54, 1.807) is 42.4 Å². The Labute approximate surface area is 175 Å². The number of methoxy groups -OCH3 is 1.